The van der Waals surface area contributed by atoms with Crippen LogP contribution in [-0.4, -0.2) is 24.4 Å². The van der Waals surface area contributed by atoms with Crippen LogP contribution in [0.1, 0.15) is 10.4 Å². The number of anilines is 1. The fourth-order valence-electron chi connectivity index (χ4n) is 1.88. The molecule has 1 heterocycles. The van der Waals surface area contributed by atoms with Crippen molar-refractivity contribution in [3.63, 3.8) is 0 Å². The van der Waals surface area contributed by atoms with Crippen LogP contribution in [-0.2, 0) is 11.3 Å². The quantitative estimate of drug-likeness (QED) is 0.911. The van der Waals surface area contributed by atoms with Crippen molar-refractivity contribution in [2.75, 3.05) is 18.9 Å². The Morgan fingerprint density at radius 3 is 2.85 bits per heavy atom. The fourth-order valence-corrected chi connectivity index (χ4v) is 3.05. The molecule has 1 N–H and O–H groups in total. The van der Waals surface area contributed by atoms with Gasteiger partial charge in [-0.25, -0.2) is 0 Å². The highest BCUT2D eigenvalue weighted by Crippen LogP contribution is 2.17. The molecule has 0 saturated heterocycles. The van der Waals surface area contributed by atoms with Crippen LogP contribution >= 0.6 is 22.9 Å². The Morgan fingerprint density at radius 2 is 2.20 bits per heavy atom. The van der Waals surface area contributed by atoms with Crippen LogP contribution in [0.15, 0.2) is 35.7 Å². The first-order chi connectivity index (χ1) is 9.54. The average molecular weight is 309 g/mol. The zero-order valence-electron chi connectivity index (χ0n) is 11.5. The van der Waals surface area contributed by atoms with Crippen LogP contribution < -0.4 is 5.32 Å². The Labute approximate surface area is 128 Å². The van der Waals surface area contributed by atoms with Crippen molar-refractivity contribution in [1.29, 1.82) is 0 Å². The Bertz CT molecular complexity index is 597. The molecule has 0 unspecified atom stereocenters. The normalized spacial score (nSPS) is 10.8. The molecule has 1 aromatic carbocycles. The first-order valence-electron chi connectivity index (χ1n) is 6.31. The Kier molecular flexibility index (Phi) is 5.17. The van der Waals surface area contributed by atoms with E-state index >= 15 is 0 Å². The van der Waals surface area contributed by atoms with Gasteiger partial charge >= 0.3 is 0 Å². The van der Waals surface area contributed by atoms with Gasteiger partial charge in [0.1, 0.15) is 0 Å². The first-order valence-corrected chi connectivity index (χ1v) is 7.57. The second-order valence-electron chi connectivity index (χ2n) is 4.76. The van der Waals surface area contributed by atoms with E-state index in [-0.39, 0.29) is 5.91 Å². The molecule has 0 saturated carbocycles. The molecule has 20 heavy (non-hydrogen) atoms. The number of rotatable bonds is 5. The van der Waals surface area contributed by atoms with Gasteiger partial charge in [0.15, 0.2) is 0 Å². The lowest BCUT2D eigenvalue weighted by Crippen LogP contribution is -2.29. The van der Waals surface area contributed by atoms with Gasteiger partial charge in [0.25, 0.3) is 0 Å². The number of hydrogen-bond acceptors (Lipinski definition) is 3. The van der Waals surface area contributed by atoms with Crippen molar-refractivity contribution in [2.24, 2.45) is 0 Å². The number of aryl methyl sites for hydroxylation is 1. The highest BCUT2D eigenvalue weighted by atomic mass is 35.5. The van der Waals surface area contributed by atoms with Gasteiger partial charge < -0.3 is 5.32 Å². The molecule has 0 bridgehead atoms. The monoisotopic (exact) mass is 308 g/mol. The van der Waals surface area contributed by atoms with Gasteiger partial charge in [0, 0.05) is 22.1 Å². The minimum absolute atomic E-state index is 0.0380. The summed E-state index contributed by atoms with van der Waals surface area (Å²) < 4.78 is 0. The average Bonchev–Trinajstić information content (AvgIpc) is 2.74. The van der Waals surface area contributed by atoms with Crippen molar-refractivity contribution >= 4 is 34.5 Å². The number of carbonyl (C=O) groups is 1. The minimum atomic E-state index is -0.0380. The number of likely N-dealkylation sites (N-methyl/N-ethyl adjacent to an activating group) is 1. The number of halogens is 1. The second kappa shape index (κ2) is 6.88. The maximum atomic E-state index is 12.0. The zero-order chi connectivity index (χ0) is 14.5. The van der Waals surface area contributed by atoms with Gasteiger partial charge in [-0.15, -0.1) is 11.3 Å². The number of benzene rings is 1. The van der Waals surface area contributed by atoms with E-state index in [2.05, 4.69) is 23.7 Å². The number of thiophene rings is 1. The molecule has 2 rings (SSSR count). The van der Waals surface area contributed by atoms with Crippen molar-refractivity contribution in [1.82, 2.24) is 4.90 Å². The van der Waals surface area contributed by atoms with Crippen LogP contribution in [0.4, 0.5) is 5.69 Å². The summed E-state index contributed by atoms with van der Waals surface area (Å²) in [6.45, 7) is 3.22. The van der Waals surface area contributed by atoms with E-state index < -0.39 is 0 Å². The predicted octanol–water partition coefficient (Wildman–Crippen LogP) is 3.78. The van der Waals surface area contributed by atoms with Gasteiger partial charge in [-0.1, -0.05) is 17.7 Å². The van der Waals surface area contributed by atoms with Gasteiger partial charge in [-0.2, -0.15) is 0 Å². The molecular formula is C15H17ClN2OS. The maximum Gasteiger partial charge on any atom is 0.238 e. The third-order valence-electron chi connectivity index (χ3n) is 2.90. The Morgan fingerprint density at radius 1 is 1.40 bits per heavy atom. The van der Waals surface area contributed by atoms with E-state index in [1.807, 2.05) is 24.1 Å². The molecule has 0 aliphatic heterocycles. The van der Waals surface area contributed by atoms with E-state index in [0.717, 1.165) is 12.2 Å². The molecule has 5 heteroatoms. The topological polar surface area (TPSA) is 32.3 Å². The van der Waals surface area contributed by atoms with Crippen LogP contribution in [0.5, 0.6) is 0 Å². The number of nitrogens with one attached hydrogen (secondary N) is 1. The summed E-state index contributed by atoms with van der Waals surface area (Å²) in [6, 6.07) is 9.26. The van der Waals surface area contributed by atoms with E-state index in [9.17, 15) is 4.79 Å². The lowest BCUT2D eigenvalue weighted by molar-refractivity contribution is -0.117. The molecule has 0 spiro atoms. The second-order valence-corrected chi connectivity index (χ2v) is 6.19. The number of nitrogens with zero attached hydrogens (tertiary/aromatic N) is 1. The molecule has 0 aliphatic rings. The SMILES string of the molecule is Cc1ccsc1CN(C)CC(=O)Nc1cccc(Cl)c1. The number of amides is 1. The standard InChI is InChI=1S/C15H17ClN2OS/c1-11-6-7-20-14(11)9-18(2)10-15(19)17-13-5-3-4-12(16)8-13/h3-8H,9-10H2,1-2H3,(H,17,19). The molecule has 0 aliphatic carbocycles. The van der Waals surface area contributed by atoms with Crippen molar-refractivity contribution in [3.05, 3.63) is 51.2 Å². The molecule has 0 atom stereocenters. The minimum Gasteiger partial charge on any atom is -0.325 e. The largest absolute Gasteiger partial charge is 0.325 e. The van der Waals surface area contributed by atoms with Crippen molar-refractivity contribution in [3.8, 4) is 0 Å². The zero-order valence-corrected chi connectivity index (χ0v) is 13.1. The summed E-state index contributed by atoms with van der Waals surface area (Å²) in [4.78, 5) is 15.2. The Balaban J connectivity index is 1.86. The summed E-state index contributed by atoms with van der Waals surface area (Å²) in [5.74, 6) is -0.0380. The molecule has 0 radical (unpaired) electrons. The van der Waals surface area contributed by atoms with Crippen LogP contribution in [0.3, 0.4) is 0 Å². The van der Waals surface area contributed by atoms with Crippen LogP contribution in [0, 0.1) is 6.92 Å². The van der Waals surface area contributed by atoms with E-state index in [4.69, 9.17) is 11.6 Å². The predicted molar refractivity (Wildman–Crippen MR) is 85.5 cm³/mol. The molecular weight excluding hydrogens is 292 g/mol. The highest BCUT2D eigenvalue weighted by Gasteiger charge is 2.09. The van der Waals surface area contributed by atoms with Gasteiger partial charge in [0.2, 0.25) is 5.91 Å². The van der Waals surface area contributed by atoms with Gasteiger partial charge in [-0.3, -0.25) is 9.69 Å². The molecule has 1 aromatic heterocycles. The molecule has 3 nitrogen and oxygen atoms in total. The van der Waals surface area contributed by atoms with Crippen molar-refractivity contribution in [2.45, 2.75) is 13.5 Å². The summed E-state index contributed by atoms with van der Waals surface area (Å²) in [6.07, 6.45) is 0. The molecule has 0 fully saturated rings. The molecule has 106 valence electrons. The first kappa shape index (κ1) is 15.0. The Hall–Kier alpha value is -1.36. The number of carbonyl (C=O) groups excluding carboxylic acids is 1. The smallest absolute Gasteiger partial charge is 0.238 e. The van der Waals surface area contributed by atoms with E-state index in [1.165, 1.54) is 10.4 Å². The lowest BCUT2D eigenvalue weighted by atomic mass is 10.3. The lowest BCUT2D eigenvalue weighted by Gasteiger charge is -2.16. The molecule has 1 amide bonds. The molecule has 2 aromatic rings. The third-order valence-corrected chi connectivity index (χ3v) is 4.15. The van der Waals surface area contributed by atoms with Crippen LogP contribution in [0.2, 0.25) is 5.02 Å². The summed E-state index contributed by atoms with van der Waals surface area (Å²) in [7, 11) is 1.94. The summed E-state index contributed by atoms with van der Waals surface area (Å²) in [5.41, 5.74) is 2.00. The van der Waals surface area contributed by atoms with E-state index in [1.54, 1.807) is 23.5 Å². The highest BCUT2D eigenvalue weighted by molar-refractivity contribution is 7.10. The van der Waals surface area contributed by atoms with Gasteiger partial charge in [0.05, 0.1) is 6.54 Å². The van der Waals surface area contributed by atoms with E-state index in [0.29, 0.717) is 11.6 Å². The van der Waals surface area contributed by atoms with Gasteiger partial charge in [-0.05, 0) is 49.2 Å². The fraction of sp³-hybridized carbons (Fsp3) is 0.267. The summed E-state index contributed by atoms with van der Waals surface area (Å²) >= 11 is 7.61. The third kappa shape index (κ3) is 4.34. The van der Waals surface area contributed by atoms with Crippen molar-refractivity contribution < 1.29 is 4.79 Å². The maximum absolute atomic E-state index is 12.0. The van der Waals surface area contributed by atoms with Crippen LogP contribution in [0.25, 0.3) is 0 Å². The summed E-state index contributed by atoms with van der Waals surface area (Å²) in [5, 5.41) is 5.54. The number of hydrogen-bond donors (Lipinski definition) is 1.